The van der Waals surface area contributed by atoms with E-state index in [2.05, 4.69) is 20.5 Å². The van der Waals surface area contributed by atoms with E-state index in [1.54, 1.807) is 31.2 Å². The number of ether oxygens (including phenoxy) is 1. The van der Waals surface area contributed by atoms with Crippen LogP contribution in [-0.4, -0.2) is 32.1 Å². The zero-order chi connectivity index (χ0) is 20.8. The quantitative estimate of drug-likeness (QED) is 0.430. The van der Waals surface area contributed by atoms with Gasteiger partial charge in [0.15, 0.2) is 11.6 Å². The number of benzene rings is 2. The van der Waals surface area contributed by atoms with Crippen LogP contribution in [-0.2, 0) is 11.4 Å². The van der Waals surface area contributed by atoms with Crippen LogP contribution in [0.3, 0.4) is 0 Å². The first kappa shape index (κ1) is 20.6. The zero-order valence-corrected chi connectivity index (χ0v) is 17.2. The van der Waals surface area contributed by atoms with Crippen LogP contribution in [0.1, 0.15) is 35.6 Å². The van der Waals surface area contributed by atoms with Crippen LogP contribution in [0.25, 0.3) is 0 Å². The SMILES string of the molecule is CC(=O)c1ccc(NC(=O)[C@H](C)Sc2n[nH]c(COc3ccccc3C)n2)cc1. The number of carbonyl (C=O) groups is 2. The minimum atomic E-state index is -0.400. The van der Waals surface area contributed by atoms with Crippen LogP contribution in [0.5, 0.6) is 5.75 Å². The Balaban J connectivity index is 1.52. The summed E-state index contributed by atoms with van der Waals surface area (Å²) in [5.41, 5.74) is 2.28. The molecule has 2 N–H and O–H groups in total. The second kappa shape index (κ2) is 9.38. The van der Waals surface area contributed by atoms with Gasteiger partial charge in [-0.15, -0.1) is 5.10 Å². The van der Waals surface area contributed by atoms with Crippen molar-refractivity contribution in [1.82, 2.24) is 15.2 Å². The van der Waals surface area contributed by atoms with E-state index >= 15 is 0 Å². The number of aromatic amines is 1. The maximum Gasteiger partial charge on any atom is 0.237 e. The van der Waals surface area contributed by atoms with Gasteiger partial charge in [-0.25, -0.2) is 4.98 Å². The van der Waals surface area contributed by atoms with E-state index in [9.17, 15) is 9.59 Å². The highest BCUT2D eigenvalue weighted by molar-refractivity contribution is 8.00. The largest absolute Gasteiger partial charge is 0.485 e. The van der Waals surface area contributed by atoms with Crippen molar-refractivity contribution in [2.75, 3.05) is 5.32 Å². The molecular formula is C21H22N4O3S. The Hall–Kier alpha value is -3.13. The third-order valence-corrected chi connectivity index (χ3v) is 5.14. The van der Waals surface area contributed by atoms with Crippen LogP contribution in [0, 0.1) is 6.92 Å². The summed E-state index contributed by atoms with van der Waals surface area (Å²) >= 11 is 1.25. The number of carbonyl (C=O) groups excluding carboxylic acids is 2. The molecule has 1 heterocycles. The molecule has 0 saturated heterocycles. The molecule has 2 aromatic carbocycles. The number of H-pyrrole nitrogens is 1. The molecule has 29 heavy (non-hydrogen) atoms. The zero-order valence-electron chi connectivity index (χ0n) is 16.4. The van der Waals surface area contributed by atoms with E-state index in [4.69, 9.17) is 4.74 Å². The first-order valence-electron chi connectivity index (χ1n) is 9.10. The number of Topliss-reactive ketones (excluding diaryl/α,β-unsaturated/α-hetero) is 1. The van der Waals surface area contributed by atoms with E-state index in [1.165, 1.54) is 18.7 Å². The molecule has 0 aliphatic carbocycles. The van der Waals surface area contributed by atoms with Crippen molar-refractivity contribution in [1.29, 1.82) is 0 Å². The minimum Gasteiger partial charge on any atom is -0.485 e. The number of thioether (sulfide) groups is 1. The summed E-state index contributed by atoms with van der Waals surface area (Å²) in [6, 6.07) is 14.5. The summed E-state index contributed by atoms with van der Waals surface area (Å²) in [6.07, 6.45) is 0. The summed E-state index contributed by atoms with van der Waals surface area (Å²) in [4.78, 5) is 28.1. The fourth-order valence-corrected chi connectivity index (χ4v) is 3.25. The van der Waals surface area contributed by atoms with Gasteiger partial charge in [-0.3, -0.25) is 14.7 Å². The molecule has 7 nitrogen and oxygen atoms in total. The molecule has 1 amide bonds. The predicted molar refractivity (Wildman–Crippen MR) is 112 cm³/mol. The van der Waals surface area contributed by atoms with Crippen LogP contribution in [0.15, 0.2) is 53.7 Å². The lowest BCUT2D eigenvalue weighted by Gasteiger charge is -2.10. The van der Waals surface area contributed by atoms with Crippen LogP contribution in [0.2, 0.25) is 0 Å². The molecule has 1 aromatic heterocycles. The van der Waals surface area contributed by atoms with E-state index in [1.807, 2.05) is 31.2 Å². The molecule has 0 aliphatic rings. The molecule has 1 atom stereocenters. The van der Waals surface area contributed by atoms with E-state index < -0.39 is 5.25 Å². The predicted octanol–water partition coefficient (Wildman–Crippen LogP) is 4.01. The van der Waals surface area contributed by atoms with Gasteiger partial charge >= 0.3 is 0 Å². The van der Waals surface area contributed by atoms with E-state index in [0.717, 1.165) is 11.3 Å². The number of nitrogens with one attached hydrogen (secondary N) is 2. The monoisotopic (exact) mass is 410 g/mol. The fraction of sp³-hybridized carbons (Fsp3) is 0.238. The first-order chi connectivity index (χ1) is 13.9. The number of rotatable bonds is 8. The second-order valence-electron chi connectivity index (χ2n) is 6.50. The molecule has 3 aromatic rings. The molecule has 0 unspecified atom stereocenters. The molecule has 0 fully saturated rings. The van der Waals surface area contributed by atoms with Crippen molar-refractivity contribution < 1.29 is 14.3 Å². The van der Waals surface area contributed by atoms with Crippen molar-refractivity contribution in [2.45, 2.75) is 37.8 Å². The first-order valence-corrected chi connectivity index (χ1v) is 9.98. The Morgan fingerprint density at radius 3 is 2.59 bits per heavy atom. The molecule has 0 spiro atoms. The Kier molecular flexibility index (Phi) is 6.66. The van der Waals surface area contributed by atoms with Gasteiger partial charge in [-0.1, -0.05) is 30.0 Å². The lowest BCUT2D eigenvalue weighted by Crippen LogP contribution is -2.22. The number of aryl methyl sites for hydroxylation is 1. The topological polar surface area (TPSA) is 97.0 Å². The second-order valence-corrected chi connectivity index (χ2v) is 7.81. The maximum absolute atomic E-state index is 12.4. The van der Waals surface area contributed by atoms with Crippen LogP contribution in [0.4, 0.5) is 5.69 Å². The van der Waals surface area contributed by atoms with Gasteiger partial charge in [0, 0.05) is 11.3 Å². The van der Waals surface area contributed by atoms with Crippen molar-refractivity contribution in [3.63, 3.8) is 0 Å². The van der Waals surface area contributed by atoms with Crippen molar-refractivity contribution in [3.05, 3.63) is 65.5 Å². The average molecular weight is 410 g/mol. The number of nitrogens with zero attached hydrogens (tertiary/aromatic N) is 2. The number of hydrogen-bond acceptors (Lipinski definition) is 6. The molecular weight excluding hydrogens is 388 g/mol. The summed E-state index contributed by atoms with van der Waals surface area (Å²) in [7, 11) is 0. The third-order valence-electron chi connectivity index (χ3n) is 4.18. The van der Waals surface area contributed by atoms with Crippen molar-refractivity contribution >= 4 is 29.1 Å². The summed E-state index contributed by atoms with van der Waals surface area (Å²) < 4.78 is 5.75. The average Bonchev–Trinajstić information content (AvgIpc) is 3.15. The number of hydrogen-bond donors (Lipinski definition) is 2. The van der Waals surface area contributed by atoms with Gasteiger partial charge < -0.3 is 10.1 Å². The summed E-state index contributed by atoms with van der Waals surface area (Å²) in [5, 5.41) is 9.88. The van der Waals surface area contributed by atoms with Crippen molar-refractivity contribution in [2.24, 2.45) is 0 Å². The van der Waals surface area contributed by atoms with Gasteiger partial charge in [0.05, 0.1) is 5.25 Å². The Morgan fingerprint density at radius 2 is 1.90 bits per heavy atom. The Morgan fingerprint density at radius 1 is 1.17 bits per heavy atom. The third kappa shape index (κ3) is 5.68. The highest BCUT2D eigenvalue weighted by Gasteiger charge is 2.17. The minimum absolute atomic E-state index is 0.0152. The summed E-state index contributed by atoms with van der Waals surface area (Å²) in [6.45, 7) is 5.53. The highest BCUT2D eigenvalue weighted by Crippen LogP contribution is 2.22. The molecule has 0 aliphatic heterocycles. The number of aromatic nitrogens is 3. The number of ketones is 1. The fourth-order valence-electron chi connectivity index (χ4n) is 2.50. The van der Waals surface area contributed by atoms with Gasteiger partial charge in [0.1, 0.15) is 12.4 Å². The molecule has 3 rings (SSSR count). The number of para-hydroxylation sites is 1. The number of amides is 1. The van der Waals surface area contributed by atoms with Gasteiger partial charge in [-0.05, 0) is 56.7 Å². The van der Waals surface area contributed by atoms with E-state index in [0.29, 0.717) is 22.2 Å². The standard InChI is InChI=1S/C21H22N4O3S/c1-13-6-4-5-7-18(13)28-12-19-23-21(25-24-19)29-15(3)20(27)22-17-10-8-16(9-11-17)14(2)26/h4-11,15H,12H2,1-3H3,(H,22,27)(H,23,24,25)/t15-/m0/s1. The Labute approximate surface area is 173 Å². The van der Waals surface area contributed by atoms with Crippen molar-refractivity contribution in [3.8, 4) is 5.75 Å². The van der Waals surface area contributed by atoms with Gasteiger partial charge in [0.2, 0.25) is 11.1 Å². The smallest absolute Gasteiger partial charge is 0.237 e. The molecule has 0 radical (unpaired) electrons. The molecule has 8 heteroatoms. The molecule has 150 valence electrons. The normalized spacial score (nSPS) is 11.7. The lowest BCUT2D eigenvalue weighted by molar-refractivity contribution is -0.115. The molecule has 0 saturated carbocycles. The lowest BCUT2D eigenvalue weighted by atomic mass is 10.1. The maximum atomic E-state index is 12.4. The molecule has 0 bridgehead atoms. The van der Waals surface area contributed by atoms with Crippen LogP contribution < -0.4 is 10.1 Å². The Bertz CT molecular complexity index is 1000. The van der Waals surface area contributed by atoms with Gasteiger partial charge in [0.25, 0.3) is 0 Å². The highest BCUT2D eigenvalue weighted by atomic mass is 32.2. The van der Waals surface area contributed by atoms with Gasteiger partial charge in [-0.2, -0.15) is 0 Å². The van der Waals surface area contributed by atoms with E-state index in [-0.39, 0.29) is 18.3 Å². The summed E-state index contributed by atoms with van der Waals surface area (Å²) in [5.74, 6) is 1.19. The number of anilines is 1. The van der Waals surface area contributed by atoms with Crippen LogP contribution >= 0.6 is 11.8 Å².